The molecule has 1 aliphatic rings. The molecule has 2 aromatic heterocycles. The van der Waals surface area contributed by atoms with E-state index in [1.54, 1.807) is 48.5 Å². The number of hydrogen-bond donors (Lipinski definition) is 1. The summed E-state index contributed by atoms with van der Waals surface area (Å²) in [6.45, 7) is 0.776. The zero-order valence-corrected chi connectivity index (χ0v) is 20.0. The van der Waals surface area contributed by atoms with E-state index in [1.165, 1.54) is 24.3 Å². The summed E-state index contributed by atoms with van der Waals surface area (Å²) < 4.78 is 31.6. The molecule has 3 aromatic carbocycles. The van der Waals surface area contributed by atoms with Crippen LogP contribution in [0.15, 0.2) is 79.0 Å². The number of carbonyl (C=O) groups is 1. The van der Waals surface area contributed by atoms with Gasteiger partial charge in [0.15, 0.2) is 0 Å². The minimum Gasteiger partial charge on any atom is -0.325 e. The van der Waals surface area contributed by atoms with Gasteiger partial charge in [0.25, 0.3) is 5.91 Å². The predicted octanol–water partition coefficient (Wildman–Crippen LogP) is 7.60. The molecule has 0 radical (unpaired) electrons. The van der Waals surface area contributed by atoms with E-state index in [0.29, 0.717) is 16.4 Å². The van der Waals surface area contributed by atoms with Gasteiger partial charge in [-0.3, -0.25) is 9.20 Å². The molecule has 0 unspecified atom stereocenters. The number of nitrogens with one attached hydrogen (secondary N) is 1. The molecule has 0 atom stereocenters. The van der Waals surface area contributed by atoms with Crippen LogP contribution in [0.1, 0.15) is 28.9 Å². The molecule has 7 heteroatoms. The van der Waals surface area contributed by atoms with Crippen LogP contribution < -0.4 is 5.32 Å². The van der Waals surface area contributed by atoms with Crippen molar-refractivity contribution >= 4 is 28.8 Å². The number of anilines is 1. The first kappa shape index (κ1) is 22.6. The Hall–Kier alpha value is -3.90. The molecule has 5 aromatic rings. The normalized spacial score (nSPS) is 13.1. The van der Waals surface area contributed by atoms with Crippen molar-refractivity contribution in [2.45, 2.75) is 25.8 Å². The van der Waals surface area contributed by atoms with Crippen LogP contribution in [0.4, 0.5) is 14.5 Å². The molecular weight excluding hydrogens is 480 g/mol. The second-order valence-electron chi connectivity index (χ2n) is 9.00. The van der Waals surface area contributed by atoms with Crippen molar-refractivity contribution in [3.63, 3.8) is 0 Å². The maximum atomic E-state index is 13.8. The Morgan fingerprint density at radius 1 is 0.889 bits per heavy atom. The molecule has 180 valence electrons. The van der Waals surface area contributed by atoms with Gasteiger partial charge in [-0.05, 0) is 85.0 Å². The Labute approximate surface area is 211 Å². The van der Waals surface area contributed by atoms with Crippen LogP contribution in [0, 0.1) is 11.6 Å². The van der Waals surface area contributed by atoms with E-state index in [2.05, 4.69) is 9.88 Å². The Kier molecular flexibility index (Phi) is 5.61. The summed E-state index contributed by atoms with van der Waals surface area (Å²) >= 11 is 6.15. The third kappa shape index (κ3) is 3.88. The Morgan fingerprint density at radius 3 is 2.28 bits per heavy atom. The number of rotatable bonds is 4. The number of aromatic nitrogens is 2. The Bertz CT molecular complexity index is 1600. The van der Waals surface area contributed by atoms with Crippen molar-refractivity contribution in [1.82, 2.24) is 8.97 Å². The second-order valence-corrected chi connectivity index (χ2v) is 9.43. The van der Waals surface area contributed by atoms with Gasteiger partial charge in [0.05, 0.1) is 5.69 Å². The van der Waals surface area contributed by atoms with Crippen molar-refractivity contribution in [2.24, 2.45) is 0 Å². The Morgan fingerprint density at radius 2 is 1.58 bits per heavy atom. The average molecular weight is 502 g/mol. The maximum absolute atomic E-state index is 13.8. The summed E-state index contributed by atoms with van der Waals surface area (Å²) in [4.78, 5) is 13.8. The van der Waals surface area contributed by atoms with Gasteiger partial charge in [0, 0.05) is 34.6 Å². The highest BCUT2D eigenvalue weighted by atomic mass is 35.5. The molecule has 0 aliphatic carbocycles. The van der Waals surface area contributed by atoms with E-state index in [-0.39, 0.29) is 17.5 Å². The number of imidazole rings is 1. The van der Waals surface area contributed by atoms with Crippen molar-refractivity contribution in [2.75, 3.05) is 5.32 Å². The third-order valence-corrected chi connectivity index (χ3v) is 6.94. The number of halogens is 3. The van der Waals surface area contributed by atoms with Crippen molar-refractivity contribution in [3.05, 3.63) is 107 Å². The van der Waals surface area contributed by atoms with E-state index < -0.39 is 0 Å². The number of nitrogens with zero attached hydrogens (tertiary/aromatic N) is 2. The first-order chi connectivity index (χ1) is 17.5. The molecule has 3 heterocycles. The van der Waals surface area contributed by atoms with Gasteiger partial charge < -0.3 is 9.88 Å². The zero-order chi connectivity index (χ0) is 24.8. The van der Waals surface area contributed by atoms with Crippen LogP contribution in [0.5, 0.6) is 0 Å². The van der Waals surface area contributed by atoms with Crippen molar-refractivity contribution in [1.29, 1.82) is 0 Å². The fourth-order valence-electron chi connectivity index (χ4n) is 5.14. The van der Waals surface area contributed by atoms with E-state index in [1.807, 2.05) is 10.6 Å². The first-order valence-electron chi connectivity index (χ1n) is 11.8. The molecule has 0 saturated carbocycles. The lowest BCUT2D eigenvalue weighted by Crippen LogP contribution is -2.15. The van der Waals surface area contributed by atoms with Gasteiger partial charge >= 0.3 is 0 Å². The fraction of sp³-hybridized carbons (Fsp3) is 0.138. The van der Waals surface area contributed by atoms with E-state index >= 15 is 0 Å². The van der Waals surface area contributed by atoms with Crippen molar-refractivity contribution < 1.29 is 13.6 Å². The van der Waals surface area contributed by atoms with E-state index in [4.69, 9.17) is 11.6 Å². The molecule has 0 spiro atoms. The van der Waals surface area contributed by atoms with Crippen molar-refractivity contribution in [3.8, 4) is 22.4 Å². The van der Waals surface area contributed by atoms with Crippen LogP contribution in [-0.2, 0) is 13.0 Å². The topological polar surface area (TPSA) is 38.4 Å². The minimum absolute atomic E-state index is 0.291. The lowest BCUT2D eigenvalue weighted by molar-refractivity contribution is 0.102. The van der Waals surface area contributed by atoms with E-state index in [0.717, 1.165) is 59.4 Å². The van der Waals surface area contributed by atoms with Crippen LogP contribution in [0.25, 0.3) is 28.0 Å². The molecule has 1 N–H and O–H groups in total. The van der Waals surface area contributed by atoms with Crippen LogP contribution >= 0.6 is 11.6 Å². The third-order valence-electron chi connectivity index (χ3n) is 6.70. The molecule has 4 nitrogen and oxygen atoms in total. The number of hydrogen-bond acceptors (Lipinski definition) is 1. The summed E-state index contributed by atoms with van der Waals surface area (Å²) in [5.41, 5.74) is 6.39. The molecular formula is C29H22ClF2N3O. The number of aryl methyl sites for hydroxylation is 2. The number of benzene rings is 3. The molecule has 1 amide bonds. The first-order valence-corrected chi connectivity index (χ1v) is 12.2. The monoisotopic (exact) mass is 501 g/mol. The summed E-state index contributed by atoms with van der Waals surface area (Å²) in [5, 5.41) is 3.51. The predicted molar refractivity (Wildman–Crippen MR) is 139 cm³/mol. The lowest BCUT2D eigenvalue weighted by Gasteiger charge is -2.10. The summed E-state index contributed by atoms with van der Waals surface area (Å²) in [7, 11) is 0. The SMILES string of the molecule is O=C(Nc1cccc(Cl)c1)c1c(-c2ccc(F)cc2)c2c3n(c(-c4ccc(F)cc4)cn13)CCCC2. The van der Waals surface area contributed by atoms with Crippen LogP contribution in [-0.4, -0.2) is 14.9 Å². The van der Waals surface area contributed by atoms with Gasteiger partial charge in [0.2, 0.25) is 0 Å². The molecule has 36 heavy (non-hydrogen) atoms. The average Bonchev–Trinajstić information content (AvgIpc) is 3.28. The lowest BCUT2D eigenvalue weighted by atomic mass is 9.97. The van der Waals surface area contributed by atoms with Gasteiger partial charge in [-0.25, -0.2) is 8.78 Å². The standard InChI is InChI=1S/C29H22ClF2N3O/c30-20-4-3-5-23(16-20)33-28(36)27-26(19-9-13-22(32)14-10-19)24-6-1-2-15-34-25(17-35(27)29(24)34)18-7-11-21(31)12-8-18/h3-5,7-14,16-17H,1-2,6,15H2,(H,33,36). The summed E-state index contributed by atoms with van der Waals surface area (Å²) in [5.74, 6) is -0.920. The smallest absolute Gasteiger partial charge is 0.273 e. The van der Waals surface area contributed by atoms with Crippen LogP contribution in [0.2, 0.25) is 5.02 Å². The van der Waals surface area contributed by atoms with Crippen LogP contribution in [0.3, 0.4) is 0 Å². The highest BCUT2D eigenvalue weighted by molar-refractivity contribution is 6.31. The molecule has 1 aliphatic heterocycles. The molecule has 0 saturated heterocycles. The van der Waals surface area contributed by atoms with E-state index in [9.17, 15) is 13.6 Å². The fourth-order valence-corrected chi connectivity index (χ4v) is 5.33. The quantitative estimate of drug-likeness (QED) is 0.270. The second kappa shape index (κ2) is 8.95. The molecule has 6 rings (SSSR count). The zero-order valence-electron chi connectivity index (χ0n) is 19.3. The summed E-state index contributed by atoms with van der Waals surface area (Å²) in [6.07, 6.45) is 4.65. The molecule has 0 fully saturated rings. The highest BCUT2D eigenvalue weighted by Crippen LogP contribution is 2.39. The maximum Gasteiger partial charge on any atom is 0.273 e. The van der Waals surface area contributed by atoms with Gasteiger partial charge in [-0.1, -0.05) is 29.8 Å². The summed E-state index contributed by atoms with van der Waals surface area (Å²) in [6, 6.07) is 19.7. The largest absolute Gasteiger partial charge is 0.325 e. The van der Waals surface area contributed by atoms with Gasteiger partial charge in [-0.2, -0.15) is 0 Å². The number of carbonyl (C=O) groups excluding carboxylic acids is 1. The minimum atomic E-state index is -0.332. The molecule has 0 bridgehead atoms. The highest BCUT2D eigenvalue weighted by Gasteiger charge is 2.29. The number of amides is 1. The Balaban J connectivity index is 1.61. The van der Waals surface area contributed by atoms with Gasteiger partial charge in [-0.15, -0.1) is 0 Å². The van der Waals surface area contributed by atoms with Gasteiger partial charge in [0.1, 0.15) is 23.0 Å².